The molecule has 2 aromatic heterocycles. The van der Waals surface area contributed by atoms with Crippen LogP contribution in [0, 0.1) is 18.3 Å². The lowest BCUT2D eigenvalue weighted by atomic mass is 10.1. The number of aryl methyl sites for hydroxylation is 1. The molecule has 104 valence electrons. The van der Waals surface area contributed by atoms with Gasteiger partial charge in [-0.05, 0) is 37.6 Å². The fourth-order valence-electron chi connectivity index (χ4n) is 2.42. The second kappa shape index (κ2) is 5.19. The Morgan fingerprint density at radius 1 is 1.29 bits per heavy atom. The SMILES string of the molecule is Cc1cccc(-n2c(C(C)Cl)nc3cccnc32)c1C#N. The molecule has 21 heavy (non-hydrogen) atoms. The highest BCUT2D eigenvalue weighted by atomic mass is 35.5. The summed E-state index contributed by atoms with van der Waals surface area (Å²) in [6.45, 7) is 3.78. The van der Waals surface area contributed by atoms with E-state index in [9.17, 15) is 5.26 Å². The van der Waals surface area contributed by atoms with Gasteiger partial charge in [-0.2, -0.15) is 5.26 Å². The molecule has 0 spiro atoms. The van der Waals surface area contributed by atoms with Gasteiger partial charge in [-0.3, -0.25) is 4.57 Å². The van der Waals surface area contributed by atoms with Crippen molar-refractivity contribution < 1.29 is 0 Å². The Hall–Kier alpha value is -2.38. The molecule has 0 amide bonds. The quantitative estimate of drug-likeness (QED) is 0.674. The highest BCUT2D eigenvalue weighted by Crippen LogP contribution is 2.29. The number of hydrogen-bond donors (Lipinski definition) is 0. The van der Waals surface area contributed by atoms with Gasteiger partial charge in [0.05, 0.1) is 16.6 Å². The Bertz CT molecular complexity index is 858. The monoisotopic (exact) mass is 296 g/mol. The molecule has 3 aromatic rings. The molecule has 1 unspecified atom stereocenters. The largest absolute Gasteiger partial charge is 0.278 e. The molecule has 0 aliphatic heterocycles. The summed E-state index contributed by atoms with van der Waals surface area (Å²) in [5.74, 6) is 0.687. The smallest absolute Gasteiger partial charge is 0.164 e. The van der Waals surface area contributed by atoms with E-state index in [0.717, 1.165) is 16.8 Å². The third-order valence-electron chi connectivity index (χ3n) is 3.40. The van der Waals surface area contributed by atoms with Crippen LogP contribution in [0.5, 0.6) is 0 Å². The van der Waals surface area contributed by atoms with Crippen molar-refractivity contribution in [3.8, 4) is 11.8 Å². The van der Waals surface area contributed by atoms with Crippen LogP contribution in [0.25, 0.3) is 16.9 Å². The molecular formula is C16H13ClN4. The predicted molar refractivity (Wildman–Crippen MR) is 82.6 cm³/mol. The van der Waals surface area contributed by atoms with E-state index in [1.165, 1.54) is 0 Å². The number of alkyl halides is 1. The number of pyridine rings is 1. The molecule has 0 fully saturated rings. The number of benzene rings is 1. The second-order valence-corrected chi connectivity index (χ2v) is 5.50. The summed E-state index contributed by atoms with van der Waals surface area (Å²) in [6, 6.07) is 11.7. The van der Waals surface area contributed by atoms with E-state index in [4.69, 9.17) is 11.6 Å². The summed E-state index contributed by atoms with van der Waals surface area (Å²) >= 11 is 6.27. The third-order valence-corrected chi connectivity index (χ3v) is 3.60. The maximum Gasteiger partial charge on any atom is 0.164 e. The summed E-state index contributed by atoms with van der Waals surface area (Å²) in [7, 11) is 0. The molecule has 1 aromatic carbocycles. The van der Waals surface area contributed by atoms with Crippen LogP contribution in [0.1, 0.15) is 29.3 Å². The van der Waals surface area contributed by atoms with Gasteiger partial charge in [0.2, 0.25) is 0 Å². The van der Waals surface area contributed by atoms with Crippen LogP contribution >= 0.6 is 11.6 Å². The van der Waals surface area contributed by atoms with Gasteiger partial charge in [0.1, 0.15) is 17.4 Å². The lowest BCUT2D eigenvalue weighted by molar-refractivity contribution is 0.874. The van der Waals surface area contributed by atoms with Crippen molar-refractivity contribution >= 4 is 22.8 Å². The predicted octanol–water partition coefficient (Wildman–Crippen LogP) is 3.90. The van der Waals surface area contributed by atoms with Crippen molar-refractivity contribution in [1.82, 2.24) is 14.5 Å². The minimum absolute atomic E-state index is 0.286. The summed E-state index contributed by atoms with van der Waals surface area (Å²) < 4.78 is 1.87. The van der Waals surface area contributed by atoms with E-state index in [2.05, 4.69) is 16.0 Å². The number of fused-ring (bicyclic) bond motifs is 1. The van der Waals surface area contributed by atoms with Gasteiger partial charge in [-0.15, -0.1) is 11.6 Å². The molecule has 0 saturated carbocycles. The van der Waals surface area contributed by atoms with Gasteiger partial charge >= 0.3 is 0 Å². The zero-order valence-electron chi connectivity index (χ0n) is 11.7. The third kappa shape index (κ3) is 2.16. The van der Waals surface area contributed by atoms with Gasteiger partial charge in [0, 0.05) is 6.20 Å². The molecule has 4 nitrogen and oxygen atoms in total. The number of nitrogens with zero attached hydrogens (tertiary/aromatic N) is 4. The number of aromatic nitrogens is 3. The molecule has 0 radical (unpaired) electrons. The molecule has 3 rings (SSSR count). The standard InChI is InChI=1S/C16H13ClN4/c1-10-5-3-7-14(12(10)9-18)21-15(11(2)17)20-13-6-4-8-19-16(13)21/h3-8,11H,1-2H3. The van der Waals surface area contributed by atoms with Gasteiger partial charge in [0.15, 0.2) is 5.65 Å². The Kier molecular flexibility index (Phi) is 3.36. The zero-order chi connectivity index (χ0) is 15.0. The Labute approximate surface area is 127 Å². The summed E-state index contributed by atoms with van der Waals surface area (Å²) in [5.41, 5.74) is 3.77. The van der Waals surface area contributed by atoms with Crippen molar-refractivity contribution in [1.29, 1.82) is 5.26 Å². The molecule has 0 N–H and O–H groups in total. The molecule has 1 atom stereocenters. The lowest BCUT2D eigenvalue weighted by Crippen LogP contribution is -2.05. The zero-order valence-corrected chi connectivity index (χ0v) is 12.5. The molecule has 0 aliphatic rings. The van der Waals surface area contributed by atoms with Gasteiger partial charge in [-0.1, -0.05) is 12.1 Å². The summed E-state index contributed by atoms with van der Waals surface area (Å²) in [5, 5.41) is 9.18. The minimum atomic E-state index is -0.286. The number of hydrogen-bond acceptors (Lipinski definition) is 3. The number of imidazole rings is 1. The molecular weight excluding hydrogens is 284 g/mol. The van der Waals surface area contributed by atoms with Gasteiger partial charge in [-0.25, -0.2) is 9.97 Å². The van der Waals surface area contributed by atoms with Crippen LogP contribution in [0.4, 0.5) is 0 Å². The number of rotatable bonds is 2. The fraction of sp³-hybridized carbons (Fsp3) is 0.188. The van der Waals surface area contributed by atoms with E-state index in [1.54, 1.807) is 6.20 Å². The van der Waals surface area contributed by atoms with E-state index in [1.807, 2.05) is 48.7 Å². The van der Waals surface area contributed by atoms with Crippen LogP contribution in [-0.4, -0.2) is 14.5 Å². The normalized spacial score (nSPS) is 12.3. The van der Waals surface area contributed by atoms with Crippen molar-refractivity contribution in [2.24, 2.45) is 0 Å². The molecule has 5 heteroatoms. The van der Waals surface area contributed by atoms with Crippen molar-refractivity contribution in [3.63, 3.8) is 0 Å². The highest BCUT2D eigenvalue weighted by molar-refractivity contribution is 6.20. The van der Waals surface area contributed by atoms with Crippen LogP contribution in [0.15, 0.2) is 36.5 Å². The molecule has 0 saturated heterocycles. The van der Waals surface area contributed by atoms with Crippen LogP contribution in [0.2, 0.25) is 0 Å². The minimum Gasteiger partial charge on any atom is -0.278 e. The number of halogens is 1. The average molecular weight is 297 g/mol. The maximum atomic E-state index is 9.46. The first-order valence-electron chi connectivity index (χ1n) is 6.61. The van der Waals surface area contributed by atoms with Gasteiger partial charge < -0.3 is 0 Å². The number of nitriles is 1. The van der Waals surface area contributed by atoms with Crippen molar-refractivity contribution in [3.05, 3.63) is 53.5 Å². The van der Waals surface area contributed by atoms with Crippen LogP contribution in [-0.2, 0) is 0 Å². The van der Waals surface area contributed by atoms with Crippen LogP contribution < -0.4 is 0 Å². The van der Waals surface area contributed by atoms with Crippen molar-refractivity contribution in [2.45, 2.75) is 19.2 Å². The maximum absolute atomic E-state index is 9.46. The van der Waals surface area contributed by atoms with Crippen molar-refractivity contribution in [2.75, 3.05) is 0 Å². The lowest BCUT2D eigenvalue weighted by Gasteiger charge is -2.12. The Balaban J connectivity index is 2.42. The average Bonchev–Trinajstić information content (AvgIpc) is 2.86. The Morgan fingerprint density at radius 2 is 2.10 bits per heavy atom. The topological polar surface area (TPSA) is 54.5 Å². The Morgan fingerprint density at radius 3 is 2.81 bits per heavy atom. The molecule has 0 bridgehead atoms. The van der Waals surface area contributed by atoms with E-state index < -0.39 is 0 Å². The molecule has 2 heterocycles. The fourth-order valence-corrected chi connectivity index (χ4v) is 2.56. The van der Waals surface area contributed by atoms with Crippen LogP contribution in [0.3, 0.4) is 0 Å². The first-order valence-corrected chi connectivity index (χ1v) is 7.04. The first kappa shape index (κ1) is 13.6. The van der Waals surface area contributed by atoms with Gasteiger partial charge in [0.25, 0.3) is 0 Å². The summed E-state index contributed by atoms with van der Waals surface area (Å²) in [6.07, 6.45) is 1.71. The van der Waals surface area contributed by atoms with E-state index >= 15 is 0 Å². The summed E-state index contributed by atoms with van der Waals surface area (Å²) in [4.78, 5) is 8.95. The highest BCUT2D eigenvalue weighted by Gasteiger charge is 2.19. The van der Waals surface area contributed by atoms with E-state index in [-0.39, 0.29) is 5.38 Å². The molecule has 0 aliphatic carbocycles. The van der Waals surface area contributed by atoms with E-state index in [0.29, 0.717) is 17.0 Å². The first-order chi connectivity index (χ1) is 10.1. The second-order valence-electron chi connectivity index (χ2n) is 4.85.